The number of likely N-dealkylation sites (tertiary alicyclic amines) is 1. The summed E-state index contributed by atoms with van der Waals surface area (Å²) in [5.74, 6) is 2.64. The summed E-state index contributed by atoms with van der Waals surface area (Å²) in [5, 5.41) is 0. The van der Waals surface area contributed by atoms with E-state index in [2.05, 4.69) is 6.07 Å². The van der Waals surface area contributed by atoms with E-state index in [-0.39, 0.29) is 29.2 Å². The Kier molecular flexibility index (Phi) is 5.31. The average molecular weight is 448 g/mol. The number of rotatable bonds is 4. The summed E-state index contributed by atoms with van der Waals surface area (Å²) in [7, 11) is 3.57. The number of ether oxygens (including phenoxy) is 3. The first-order valence-corrected chi connectivity index (χ1v) is 11.9. The van der Waals surface area contributed by atoms with Crippen LogP contribution < -0.4 is 26.8 Å². The number of hydrogen-bond donors (Lipinski definition) is 1. The molecule has 170 valence electrons. The Bertz CT molecular complexity index is 885. The van der Waals surface area contributed by atoms with Gasteiger partial charge in [-0.05, 0) is 30.9 Å². The fraction of sp³-hybridized carbons (Fsp3) is 0.720. The van der Waals surface area contributed by atoms with Gasteiger partial charge in [-0.15, -0.1) is 0 Å². The highest BCUT2D eigenvalue weighted by molar-refractivity contribution is 5.90. The molecule has 1 saturated heterocycles. The quantitative estimate of drug-likeness (QED) is 0.659. The maximum absolute atomic E-state index is 13.1. The minimum Gasteiger partial charge on any atom is -1.00 e. The minimum absolute atomic E-state index is 0. The molecule has 0 aromatic heterocycles. The second-order valence-corrected chi connectivity index (χ2v) is 10.3. The Balaban J connectivity index is 0.00000204. The molecule has 6 heteroatoms. The number of ketones is 1. The van der Waals surface area contributed by atoms with Gasteiger partial charge in [-0.3, -0.25) is 4.79 Å². The molecule has 5 aliphatic rings. The molecule has 3 aliphatic carbocycles. The Morgan fingerprint density at radius 1 is 1.16 bits per heavy atom. The maximum Gasteiger partial charge on any atom is 0.174 e. The smallest absolute Gasteiger partial charge is 0.174 e. The van der Waals surface area contributed by atoms with E-state index in [1.165, 1.54) is 49.8 Å². The topological polar surface area (TPSA) is 49.2 Å². The Morgan fingerprint density at radius 3 is 2.71 bits per heavy atom. The van der Waals surface area contributed by atoms with Gasteiger partial charge in [0.25, 0.3) is 0 Å². The lowest BCUT2D eigenvalue weighted by Crippen LogP contribution is -3.22. The molecule has 1 aromatic rings. The first-order chi connectivity index (χ1) is 14.6. The van der Waals surface area contributed by atoms with Crippen molar-refractivity contribution in [2.45, 2.75) is 80.9 Å². The molecular formula is C25H34ClNO4. The molecule has 5 atom stereocenters. The monoisotopic (exact) mass is 447 g/mol. The molecule has 31 heavy (non-hydrogen) atoms. The zero-order valence-corrected chi connectivity index (χ0v) is 19.4. The van der Waals surface area contributed by atoms with Crippen LogP contribution >= 0.6 is 0 Å². The van der Waals surface area contributed by atoms with Gasteiger partial charge >= 0.3 is 0 Å². The number of nitrogens with one attached hydrogen (secondary N) is 1. The third-order valence-electron chi connectivity index (χ3n) is 9.31. The van der Waals surface area contributed by atoms with Crippen LogP contribution in [0.15, 0.2) is 12.1 Å². The van der Waals surface area contributed by atoms with Gasteiger partial charge in [-0.1, -0.05) is 25.3 Å². The van der Waals surface area contributed by atoms with Crippen LogP contribution in [0.3, 0.4) is 0 Å². The molecule has 5 nitrogen and oxygen atoms in total. The van der Waals surface area contributed by atoms with Crippen molar-refractivity contribution in [3.05, 3.63) is 23.3 Å². The molecule has 6 rings (SSSR count). The van der Waals surface area contributed by atoms with Crippen molar-refractivity contribution in [1.29, 1.82) is 0 Å². The number of methoxy groups -OCH3 is 2. The number of Topliss-reactive ketones (excluding diaryl/α,β-unsaturated/α-hetero) is 1. The van der Waals surface area contributed by atoms with Crippen molar-refractivity contribution in [2.75, 3.05) is 27.3 Å². The molecule has 0 amide bonds. The van der Waals surface area contributed by atoms with E-state index >= 15 is 0 Å². The standard InChI is InChI=1S/C25H33NO4.ClH/c1-28-19-9-8-17-14-20-25(29-2)11-10-18(27)23-24(25,21(17)22(19)30-23)12-13-26(20)15-16-6-4-3-5-7-16;/h8-9,16,20,23H,3-7,10-15H2,1-2H3;1H/t20-,23+,24+,25-;/m1./s1. The van der Waals surface area contributed by atoms with E-state index in [1.54, 1.807) is 12.0 Å². The lowest BCUT2D eigenvalue weighted by atomic mass is 9.48. The van der Waals surface area contributed by atoms with E-state index in [0.717, 1.165) is 43.2 Å². The zero-order valence-electron chi connectivity index (χ0n) is 18.7. The van der Waals surface area contributed by atoms with Crippen LogP contribution in [0.2, 0.25) is 0 Å². The maximum atomic E-state index is 13.1. The van der Waals surface area contributed by atoms with Gasteiger partial charge in [0.05, 0.1) is 25.6 Å². The summed E-state index contributed by atoms with van der Waals surface area (Å²) in [6.45, 7) is 2.36. The van der Waals surface area contributed by atoms with Gasteiger partial charge in [0.15, 0.2) is 23.4 Å². The number of benzene rings is 1. The summed E-state index contributed by atoms with van der Waals surface area (Å²) in [6, 6.07) is 4.65. The highest BCUT2D eigenvalue weighted by Gasteiger charge is 2.75. The lowest BCUT2D eigenvalue weighted by molar-refractivity contribution is -0.945. The molecular weight excluding hydrogens is 414 g/mol. The van der Waals surface area contributed by atoms with Crippen LogP contribution in [-0.2, 0) is 21.4 Å². The van der Waals surface area contributed by atoms with Crippen molar-refractivity contribution in [1.82, 2.24) is 0 Å². The van der Waals surface area contributed by atoms with Crippen molar-refractivity contribution in [3.63, 3.8) is 0 Å². The van der Waals surface area contributed by atoms with Crippen molar-refractivity contribution < 1.29 is 36.3 Å². The Labute approximate surface area is 191 Å². The molecule has 1 spiro atoms. The van der Waals surface area contributed by atoms with Gasteiger partial charge in [-0.25, -0.2) is 0 Å². The third-order valence-corrected chi connectivity index (χ3v) is 9.31. The van der Waals surface area contributed by atoms with Crippen molar-refractivity contribution >= 4 is 5.78 Å². The summed E-state index contributed by atoms with van der Waals surface area (Å²) < 4.78 is 18.7. The Hall–Kier alpha value is -1.30. The highest BCUT2D eigenvalue weighted by atomic mass is 35.5. The average Bonchev–Trinajstić information content (AvgIpc) is 3.13. The first kappa shape index (κ1) is 21.5. The van der Waals surface area contributed by atoms with Crippen molar-refractivity contribution in [3.8, 4) is 11.5 Å². The predicted octanol–water partition coefficient (Wildman–Crippen LogP) is -0.760. The van der Waals surface area contributed by atoms with E-state index in [4.69, 9.17) is 14.2 Å². The lowest BCUT2D eigenvalue weighted by Gasteiger charge is -2.62. The largest absolute Gasteiger partial charge is 1.00 e. The van der Waals surface area contributed by atoms with Crippen LogP contribution in [0, 0.1) is 5.92 Å². The summed E-state index contributed by atoms with van der Waals surface area (Å²) >= 11 is 0. The molecule has 2 saturated carbocycles. The molecule has 1 N–H and O–H groups in total. The zero-order chi connectivity index (χ0) is 20.5. The molecule has 2 heterocycles. The third kappa shape index (κ3) is 2.66. The number of carbonyl (C=O) groups is 1. The molecule has 1 aromatic carbocycles. The molecule has 3 fully saturated rings. The van der Waals surface area contributed by atoms with Crippen LogP contribution in [0.1, 0.15) is 62.5 Å². The Morgan fingerprint density at radius 2 is 1.97 bits per heavy atom. The molecule has 2 bridgehead atoms. The van der Waals surface area contributed by atoms with E-state index in [1.807, 2.05) is 13.2 Å². The van der Waals surface area contributed by atoms with Gasteiger partial charge in [0.1, 0.15) is 11.6 Å². The number of carbonyl (C=O) groups excluding carboxylic acids is 1. The minimum atomic E-state index is -0.421. The molecule has 0 radical (unpaired) electrons. The normalized spacial score (nSPS) is 38.1. The van der Waals surface area contributed by atoms with Gasteiger partial charge in [-0.2, -0.15) is 0 Å². The van der Waals surface area contributed by atoms with Gasteiger partial charge in [0, 0.05) is 37.9 Å². The van der Waals surface area contributed by atoms with Crippen LogP contribution in [0.25, 0.3) is 0 Å². The summed E-state index contributed by atoms with van der Waals surface area (Å²) in [5.41, 5.74) is 1.91. The first-order valence-electron chi connectivity index (χ1n) is 11.9. The fourth-order valence-corrected chi connectivity index (χ4v) is 8.10. The van der Waals surface area contributed by atoms with Crippen LogP contribution in [0.4, 0.5) is 0 Å². The van der Waals surface area contributed by atoms with Gasteiger partial charge in [0.2, 0.25) is 0 Å². The number of halogens is 1. The van der Waals surface area contributed by atoms with E-state index < -0.39 is 6.10 Å². The SMILES string of the molecule is COc1ccc2c3c1O[C@H]1C(=O)CC[C@@]4(OC)[C@@H](C2)[NH+](CC2CCCCC2)CC[C@]314.[Cl-]. The number of hydrogen-bond acceptors (Lipinski definition) is 4. The second kappa shape index (κ2) is 7.64. The second-order valence-electron chi connectivity index (χ2n) is 10.3. The summed E-state index contributed by atoms with van der Waals surface area (Å²) in [6.07, 6.45) is 9.85. The van der Waals surface area contributed by atoms with Crippen LogP contribution in [-0.4, -0.2) is 50.8 Å². The van der Waals surface area contributed by atoms with E-state index in [9.17, 15) is 4.79 Å². The van der Waals surface area contributed by atoms with Crippen molar-refractivity contribution in [2.24, 2.45) is 5.92 Å². The number of quaternary nitrogens is 1. The molecule has 2 aliphatic heterocycles. The van der Waals surface area contributed by atoms with Gasteiger partial charge < -0.3 is 31.5 Å². The highest BCUT2D eigenvalue weighted by Crippen LogP contribution is 2.64. The molecule has 1 unspecified atom stereocenters. The predicted molar refractivity (Wildman–Crippen MR) is 112 cm³/mol. The van der Waals surface area contributed by atoms with Crippen LogP contribution in [0.5, 0.6) is 11.5 Å². The van der Waals surface area contributed by atoms with E-state index in [0.29, 0.717) is 12.5 Å². The fourth-order valence-electron chi connectivity index (χ4n) is 8.10. The number of piperidine rings is 1. The summed E-state index contributed by atoms with van der Waals surface area (Å²) in [4.78, 5) is 14.9.